The van der Waals surface area contributed by atoms with Gasteiger partial charge in [-0.3, -0.25) is 0 Å². The van der Waals surface area contributed by atoms with Crippen molar-refractivity contribution in [1.29, 1.82) is 0 Å². The fraction of sp³-hybridized carbons (Fsp3) is 0.700. The Morgan fingerprint density at radius 1 is 1.50 bits per heavy atom. The van der Waals surface area contributed by atoms with Gasteiger partial charge in [-0.2, -0.15) is 0 Å². The van der Waals surface area contributed by atoms with E-state index in [4.69, 9.17) is 5.11 Å². The third-order valence-corrected chi connectivity index (χ3v) is 3.60. The standard InChI is InChI=1S/C10H16N2OS/c13-6-9-7-14-10(12-9)5-8-1-3-11-4-2-8/h7-8,11,13H,1-6H2. The zero-order chi connectivity index (χ0) is 9.80. The van der Waals surface area contributed by atoms with Gasteiger partial charge in [-0.15, -0.1) is 11.3 Å². The highest BCUT2D eigenvalue weighted by molar-refractivity contribution is 7.09. The van der Waals surface area contributed by atoms with Crippen LogP contribution in [-0.4, -0.2) is 23.2 Å². The highest BCUT2D eigenvalue weighted by atomic mass is 32.1. The first-order valence-electron chi connectivity index (χ1n) is 5.13. The van der Waals surface area contributed by atoms with Gasteiger partial charge in [0.15, 0.2) is 0 Å². The summed E-state index contributed by atoms with van der Waals surface area (Å²) in [4.78, 5) is 4.37. The summed E-state index contributed by atoms with van der Waals surface area (Å²) in [6.45, 7) is 2.36. The van der Waals surface area contributed by atoms with Crippen LogP contribution in [0.4, 0.5) is 0 Å². The van der Waals surface area contributed by atoms with Crippen molar-refractivity contribution in [2.24, 2.45) is 5.92 Å². The average Bonchev–Trinajstić information content (AvgIpc) is 2.67. The van der Waals surface area contributed by atoms with Crippen LogP contribution in [0.25, 0.3) is 0 Å². The fourth-order valence-electron chi connectivity index (χ4n) is 1.85. The number of rotatable bonds is 3. The molecule has 1 aliphatic heterocycles. The van der Waals surface area contributed by atoms with Crippen LogP contribution in [0.5, 0.6) is 0 Å². The topological polar surface area (TPSA) is 45.1 Å². The van der Waals surface area contributed by atoms with Crippen molar-refractivity contribution in [3.63, 3.8) is 0 Å². The Kier molecular flexibility index (Phi) is 3.50. The number of aliphatic hydroxyl groups is 1. The lowest BCUT2D eigenvalue weighted by Crippen LogP contribution is -2.28. The van der Waals surface area contributed by atoms with E-state index in [1.807, 2.05) is 5.38 Å². The average molecular weight is 212 g/mol. The molecular weight excluding hydrogens is 196 g/mol. The van der Waals surface area contributed by atoms with E-state index >= 15 is 0 Å². The smallest absolute Gasteiger partial charge is 0.0932 e. The molecule has 78 valence electrons. The normalized spacial score (nSPS) is 18.6. The maximum absolute atomic E-state index is 8.89. The van der Waals surface area contributed by atoms with Crippen molar-refractivity contribution in [1.82, 2.24) is 10.3 Å². The third kappa shape index (κ3) is 2.53. The van der Waals surface area contributed by atoms with Gasteiger partial charge in [-0.25, -0.2) is 4.98 Å². The number of aromatic nitrogens is 1. The summed E-state index contributed by atoms with van der Waals surface area (Å²) in [5, 5.41) is 15.4. The molecule has 0 amide bonds. The summed E-state index contributed by atoms with van der Waals surface area (Å²) >= 11 is 1.68. The van der Waals surface area contributed by atoms with Crippen LogP contribution in [0.1, 0.15) is 23.5 Å². The fourth-order valence-corrected chi connectivity index (χ4v) is 2.75. The SMILES string of the molecule is OCc1csc(CC2CCNCC2)n1. The maximum Gasteiger partial charge on any atom is 0.0932 e. The molecule has 14 heavy (non-hydrogen) atoms. The van der Waals surface area contributed by atoms with Crippen LogP contribution in [0.2, 0.25) is 0 Å². The van der Waals surface area contributed by atoms with Gasteiger partial charge in [0.05, 0.1) is 17.3 Å². The van der Waals surface area contributed by atoms with Gasteiger partial charge in [0, 0.05) is 11.8 Å². The Labute approximate surface area is 88.2 Å². The second kappa shape index (κ2) is 4.87. The Morgan fingerprint density at radius 3 is 2.93 bits per heavy atom. The quantitative estimate of drug-likeness (QED) is 0.791. The van der Waals surface area contributed by atoms with E-state index in [0.29, 0.717) is 0 Å². The molecule has 1 saturated heterocycles. The molecule has 1 aliphatic rings. The molecule has 2 rings (SSSR count). The highest BCUT2D eigenvalue weighted by Gasteiger charge is 2.15. The van der Waals surface area contributed by atoms with Gasteiger partial charge in [0.25, 0.3) is 0 Å². The largest absolute Gasteiger partial charge is 0.390 e. The predicted molar refractivity (Wildman–Crippen MR) is 57.3 cm³/mol. The van der Waals surface area contributed by atoms with E-state index in [1.54, 1.807) is 11.3 Å². The zero-order valence-electron chi connectivity index (χ0n) is 8.20. The Bertz CT molecular complexity index is 281. The van der Waals surface area contributed by atoms with E-state index in [0.717, 1.165) is 31.1 Å². The molecule has 3 nitrogen and oxygen atoms in total. The lowest BCUT2D eigenvalue weighted by atomic mass is 9.95. The van der Waals surface area contributed by atoms with Crippen molar-refractivity contribution in [3.8, 4) is 0 Å². The van der Waals surface area contributed by atoms with Gasteiger partial charge < -0.3 is 10.4 Å². The molecule has 1 fully saturated rings. The number of hydrogen-bond acceptors (Lipinski definition) is 4. The minimum absolute atomic E-state index is 0.0721. The first-order valence-corrected chi connectivity index (χ1v) is 6.01. The van der Waals surface area contributed by atoms with Crippen LogP contribution in [0.3, 0.4) is 0 Å². The zero-order valence-corrected chi connectivity index (χ0v) is 9.02. The molecule has 4 heteroatoms. The summed E-state index contributed by atoms with van der Waals surface area (Å²) in [5.41, 5.74) is 0.818. The monoisotopic (exact) mass is 212 g/mol. The van der Waals surface area contributed by atoms with Crippen LogP contribution in [0, 0.1) is 5.92 Å². The Balaban J connectivity index is 1.89. The second-order valence-corrected chi connectivity index (χ2v) is 4.73. The van der Waals surface area contributed by atoms with Crippen molar-refractivity contribution in [2.45, 2.75) is 25.9 Å². The molecular formula is C10H16N2OS. The second-order valence-electron chi connectivity index (χ2n) is 3.79. The summed E-state index contributed by atoms with van der Waals surface area (Å²) in [6.07, 6.45) is 3.61. The van der Waals surface area contributed by atoms with Gasteiger partial charge in [-0.05, 0) is 31.8 Å². The molecule has 2 heterocycles. The van der Waals surface area contributed by atoms with Gasteiger partial charge in [-0.1, -0.05) is 0 Å². The molecule has 2 N–H and O–H groups in total. The predicted octanol–water partition coefficient (Wildman–Crippen LogP) is 1.18. The lowest BCUT2D eigenvalue weighted by Gasteiger charge is -2.21. The van der Waals surface area contributed by atoms with Crippen molar-refractivity contribution in [3.05, 3.63) is 16.1 Å². The molecule has 0 atom stereocenters. The molecule has 0 aliphatic carbocycles. The van der Waals surface area contributed by atoms with Crippen LogP contribution in [0.15, 0.2) is 5.38 Å². The van der Waals surface area contributed by atoms with E-state index in [1.165, 1.54) is 17.8 Å². The lowest BCUT2D eigenvalue weighted by molar-refractivity contribution is 0.277. The maximum atomic E-state index is 8.89. The summed E-state index contributed by atoms with van der Waals surface area (Å²) < 4.78 is 0. The number of piperidine rings is 1. The van der Waals surface area contributed by atoms with Gasteiger partial charge in [0.1, 0.15) is 0 Å². The van der Waals surface area contributed by atoms with E-state index < -0.39 is 0 Å². The minimum atomic E-state index is 0.0721. The molecule has 0 aromatic carbocycles. The van der Waals surface area contributed by atoms with Crippen molar-refractivity contribution < 1.29 is 5.11 Å². The highest BCUT2D eigenvalue weighted by Crippen LogP contribution is 2.20. The summed E-state index contributed by atoms with van der Waals surface area (Å²) in [6, 6.07) is 0. The number of thiazole rings is 1. The molecule has 0 bridgehead atoms. The van der Waals surface area contributed by atoms with Crippen LogP contribution in [-0.2, 0) is 13.0 Å². The van der Waals surface area contributed by atoms with E-state index in [2.05, 4.69) is 10.3 Å². The number of nitrogens with one attached hydrogen (secondary N) is 1. The number of nitrogens with zero attached hydrogens (tertiary/aromatic N) is 1. The first kappa shape index (κ1) is 10.1. The van der Waals surface area contributed by atoms with Crippen molar-refractivity contribution >= 4 is 11.3 Å². The third-order valence-electron chi connectivity index (χ3n) is 2.68. The Hall–Kier alpha value is -0.450. The molecule has 0 radical (unpaired) electrons. The van der Waals surface area contributed by atoms with E-state index in [9.17, 15) is 0 Å². The Morgan fingerprint density at radius 2 is 2.29 bits per heavy atom. The first-order chi connectivity index (χ1) is 6.88. The summed E-state index contributed by atoms with van der Waals surface area (Å²) in [7, 11) is 0. The van der Waals surface area contributed by atoms with Crippen LogP contribution < -0.4 is 5.32 Å². The number of hydrogen-bond donors (Lipinski definition) is 2. The summed E-state index contributed by atoms with van der Waals surface area (Å²) in [5.74, 6) is 0.786. The van der Waals surface area contributed by atoms with Crippen LogP contribution >= 0.6 is 11.3 Å². The number of aliphatic hydroxyl groups excluding tert-OH is 1. The molecule has 0 saturated carbocycles. The molecule has 0 unspecified atom stereocenters. The van der Waals surface area contributed by atoms with Gasteiger partial charge >= 0.3 is 0 Å². The minimum Gasteiger partial charge on any atom is -0.390 e. The molecule has 0 spiro atoms. The molecule has 1 aromatic rings. The van der Waals surface area contributed by atoms with Crippen molar-refractivity contribution in [2.75, 3.05) is 13.1 Å². The van der Waals surface area contributed by atoms with Gasteiger partial charge in [0.2, 0.25) is 0 Å². The molecule has 1 aromatic heterocycles. The van der Waals surface area contributed by atoms with E-state index in [-0.39, 0.29) is 6.61 Å².